The molecular weight excluding hydrogens is 264 g/mol. The van der Waals surface area contributed by atoms with Crippen molar-refractivity contribution < 1.29 is 14.6 Å². The van der Waals surface area contributed by atoms with Gasteiger partial charge in [-0.15, -0.1) is 0 Å². The molecule has 0 amide bonds. The number of hydrogen-bond donors (Lipinski definition) is 1. The minimum atomic E-state index is -0.842. The second-order valence-corrected chi connectivity index (χ2v) is 6.15. The van der Waals surface area contributed by atoms with Crippen molar-refractivity contribution in [1.29, 1.82) is 0 Å². The lowest BCUT2D eigenvalue weighted by Crippen LogP contribution is -1.94. The molecule has 2 atom stereocenters. The van der Waals surface area contributed by atoms with E-state index in [1.807, 2.05) is 0 Å². The Balaban J connectivity index is 1.77. The molecule has 1 heterocycles. The van der Waals surface area contributed by atoms with Crippen molar-refractivity contribution in [2.45, 2.75) is 96.2 Å². The Hall–Kier alpha value is -0.830. The SMILES string of the molecule is CCCCC[C@@H]1O[C@@H]1CCCCCCCCC=CC(=O)O. The highest BCUT2D eigenvalue weighted by Crippen LogP contribution is 2.31. The fraction of sp³-hybridized carbons (Fsp3) is 0.833. The van der Waals surface area contributed by atoms with Crippen molar-refractivity contribution in [2.24, 2.45) is 0 Å². The molecule has 0 aliphatic carbocycles. The first-order chi connectivity index (χ1) is 10.2. The average Bonchev–Trinajstić information content (AvgIpc) is 3.19. The van der Waals surface area contributed by atoms with Gasteiger partial charge in [0, 0.05) is 6.08 Å². The van der Waals surface area contributed by atoms with Crippen LogP contribution in [0.3, 0.4) is 0 Å². The highest BCUT2D eigenvalue weighted by molar-refractivity contribution is 5.79. The summed E-state index contributed by atoms with van der Waals surface area (Å²) < 4.78 is 5.70. The van der Waals surface area contributed by atoms with Gasteiger partial charge in [0.15, 0.2) is 0 Å². The van der Waals surface area contributed by atoms with Crippen LogP contribution in [0.1, 0.15) is 84.0 Å². The van der Waals surface area contributed by atoms with Crippen molar-refractivity contribution in [2.75, 3.05) is 0 Å². The zero-order chi connectivity index (χ0) is 15.3. The standard InChI is InChI=1S/C18H32O3/c1-2-3-10-13-16-17(21-16)14-11-8-6-4-5-7-9-12-15-18(19)20/h12,15-17H,2-11,13-14H2,1H3,(H,19,20)/t16-,17+/m0/s1. The second-order valence-electron chi connectivity index (χ2n) is 6.15. The third-order valence-electron chi connectivity index (χ3n) is 4.15. The Morgan fingerprint density at radius 1 is 0.952 bits per heavy atom. The van der Waals surface area contributed by atoms with Crippen molar-refractivity contribution in [3.05, 3.63) is 12.2 Å². The molecule has 1 rings (SSSR count). The van der Waals surface area contributed by atoms with Gasteiger partial charge < -0.3 is 9.84 Å². The normalized spacial score (nSPS) is 21.0. The molecule has 0 unspecified atom stereocenters. The molecule has 1 N–H and O–H groups in total. The largest absolute Gasteiger partial charge is 0.478 e. The number of carbonyl (C=O) groups is 1. The van der Waals surface area contributed by atoms with E-state index >= 15 is 0 Å². The fourth-order valence-corrected chi connectivity index (χ4v) is 2.78. The lowest BCUT2D eigenvalue weighted by molar-refractivity contribution is -0.131. The maximum atomic E-state index is 10.3. The summed E-state index contributed by atoms with van der Waals surface area (Å²) in [6.07, 6.45) is 19.0. The van der Waals surface area contributed by atoms with Crippen LogP contribution in [-0.4, -0.2) is 23.3 Å². The first-order valence-electron chi connectivity index (χ1n) is 8.79. The van der Waals surface area contributed by atoms with Gasteiger partial charge in [-0.2, -0.15) is 0 Å². The Morgan fingerprint density at radius 2 is 1.52 bits per heavy atom. The van der Waals surface area contributed by atoms with E-state index in [0.717, 1.165) is 12.8 Å². The van der Waals surface area contributed by atoms with Gasteiger partial charge in [0.25, 0.3) is 0 Å². The molecule has 0 radical (unpaired) electrons. The van der Waals surface area contributed by atoms with Crippen molar-refractivity contribution >= 4 is 5.97 Å². The maximum Gasteiger partial charge on any atom is 0.327 e. The number of carboxylic acids is 1. The molecule has 0 bridgehead atoms. The summed E-state index contributed by atoms with van der Waals surface area (Å²) in [6.45, 7) is 2.24. The molecule has 21 heavy (non-hydrogen) atoms. The van der Waals surface area contributed by atoms with Gasteiger partial charge in [-0.1, -0.05) is 64.4 Å². The molecule has 3 heteroatoms. The van der Waals surface area contributed by atoms with E-state index in [9.17, 15) is 4.79 Å². The minimum Gasteiger partial charge on any atom is -0.478 e. The summed E-state index contributed by atoms with van der Waals surface area (Å²) in [7, 11) is 0. The van der Waals surface area contributed by atoms with Gasteiger partial charge >= 0.3 is 5.97 Å². The zero-order valence-electron chi connectivity index (χ0n) is 13.6. The number of carboxylic acid groups (broad SMARTS) is 1. The van der Waals surface area contributed by atoms with Gasteiger partial charge in [0.2, 0.25) is 0 Å². The summed E-state index contributed by atoms with van der Waals surface area (Å²) in [4.78, 5) is 10.3. The molecule has 1 aliphatic heterocycles. The van der Waals surface area contributed by atoms with Crippen LogP contribution in [0, 0.1) is 0 Å². The third-order valence-corrected chi connectivity index (χ3v) is 4.15. The van der Waals surface area contributed by atoms with E-state index in [4.69, 9.17) is 9.84 Å². The Morgan fingerprint density at radius 3 is 2.14 bits per heavy atom. The summed E-state index contributed by atoms with van der Waals surface area (Å²) in [5.74, 6) is -0.842. The van der Waals surface area contributed by atoms with Crippen LogP contribution < -0.4 is 0 Å². The van der Waals surface area contributed by atoms with Crippen LogP contribution in [0.4, 0.5) is 0 Å². The van der Waals surface area contributed by atoms with Gasteiger partial charge in [0.05, 0.1) is 12.2 Å². The fourth-order valence-electron chi connectivity index (χ4n) is 2.78. The molecule has 0 spiro atoms. The molecule has 1 fully saturated rings. The molecular formula is C18H32O3. The minimum absolute atomic E-state index is 0.572. The smallest absolute Gasteiger partial charge is 0.327 e. The maximum absolute atomic E-state index is 10.3. The molecule has 0 aromatic heterocycles. The van der Waals surface area contributed by atoms with Gasteiger partial charge in [-0.25, -0.2) is 4.79 Å². The second kappa shape index (κ2) is 11.8. The van der Waals surface area contributed by atoms with Gasteiger partial charge in [-0.3, -0.25) is 0 Å². The van der Waals surface area contributed by atoms with Crippen LogP contribution in [0.25, 0.3) is 0 Å². The van der Waals surface area contributed by atoms with Gasteiger partial charge in [0.1, 0.15) is 0 Å². The van der Waals surface area contributed by atoms with Crippen LogP contribution in [0.5, 0.6) is 0 Å². The topological polar surface area (TPSA) is 49.8 Å². The Bertz CT molecular complexity index is 299. The quantitative estimate of drug-likeness (QED) is 0.276. The predicted octanol–water partition coefficient (Wildman–Crippen LogP) is 5.10. The molecule has 0 aromatic rings. The van der Waals surface area contributed by atoms with E-state index in [1.165, 1.54) is 70.3 Å². The molecule has 122 valence electrons. The van der Waals surface area contributed by atoms with Crippen molar-refractivity contribution in [3.63, 3.8) is 0 Å². The molecule has 1 saturated heterocycles. The van der Waals surface area contributed by atoms with E-state index in [0.29, 0.717) is 12.2 Å². The van der Waals surface area contributed by atoms with E-state index < -0.39 is 5.97 Å². The number of ether oxygens (including phenoxy) is 1. The van der Waals surface area contributed by atoms with E-state index in [1.54, 1.807) is 6.08 Å². The van der Waals surface area contributed by atoms with Crippen LogP contribution in [0.2, 0.25) is 0 Å². The summed E-state index contributed by atoms with van der Waals surface area (Å²) >= 11 is 0. The molecule has 1 aliphatic rings. The lowest BCUT2D eigenvalue weighted by atomic mass is 10.0. The number of epoxide rings is 1. The molecule has 0 saturated carbocycles. The third kappa shape index (κ3) is 10.5. The number of allylic oxidation sites excluding steroid dienone is 1. The Labute approximate surface area is 129 Å². The highest BCUT2D eigenvalue weighted by atomic mass is 16.6. The van der Waals surface area contributed by atoms with Gasteiger partial charge in [-0.05, 0) is 25.7 Å². The number of unbranched alkanes of at least 4 members (excludes halogenated alkanes) is 8. The molecule has 3 nitrogen and oxygen atoms in total. The van der Waals surface area contributed by atoms with Crippen molar-refractivity contribution in [1.82, 2.24) is 0 Å². The highest BCUT2D eigenvalue weighted by Gasteiger charge is 2.36. The average molecular weight is 296 g/mol. The number of hydrogen-bond acceptors (Lipinski definition) is 2. The van der Waals surface area contributed by atoms with Crippen LogP contribution >= 0.6 is 0 Å². The number of rotatable bonds is 14. The Kier molecular flexibility index (Phi) is 10.2. The summed E-state index contributed by atoms with van der Waals surface area (Å²) in [5.41, 5.74) is 0. The zero-order valence-corrected chi connectivity index (χ0v) is 13.6. The van der Waals surface area contributed by atoms with Crippen molar-refractivity contribution in [3.8, 4) is 0 Å². The monoisotopic (exact) mass is 296 g/mol. The lowest BCUT2D eigenvalue weighted by Gasteiger charge is -2.00. The molecule has 0 aromatic carbocycles. The first kappa shape index (κ1) is 18.2. The predicted molar refractivity (Wildman–Crippen MR) is 86.5 cm³/mol. The van der Waals surface area contributed by atoms with E-state index in [-0.39, 0.29) is 0 Å². The first-order valence-corrected chi connectivity index (χ1v) is 8.79. The number of aliphatic carboxylic acids is 1. The van der Waals surface area contributed by atoms with Crippen LogP contribution in [-0.2, 0) is 9.53 Å². The summed E-state index contributed by atoms with van der Waals surface area (Å²) in [6, 6.07) is 0. The van der Waals surface area contributed by atoms with Crippen LogP contribution in [0.15, 0.2) is 12.2 Å². The summed E-state index contributed by atoms with van der Waals surface area (Å²) in [5, 5.41) is 8.45. The van der Waals surface area contributed by atoms with E-state index in [2.05, 4.69) is 6.92 Å².